The molecule has 0 bridgehead atoms. The molecule has 150 valence electrons. The zero-order valence-corrected chi connectivity index (χ0v) is 18.8. The van der Waals surface area contributed by atoms with Crippen molar-refractivity contribution in [3.63, 3.8) is 0 Å². The molecular weight excluding hydrogens is 431 g/mol. The van der Waals surface area contributed by atoms with E-state index in [0.717, 1.165) is 70.8 Å². The zero-order chi connectivity index (χ0) is 17.8. The standard InChI is InChI=1S/C18H38N4O2.HI/c1-5-18(23,6-2)15-20-17(19-7-3)21-16-9-12-22(13-10-16)11-8-14-24-4;/h16,23H,5-15H2,1-4H3,(H2,19,20,21);1H. The number of nitrogens with zero attached hydrogens (tertiary/aromatic N) is 2. The molecule has 1 saturated heterocycles. The van der Waals surface area contributed by atoms with Gasteiger partial charge in [0.15, 0.2) is 5.96 Å². The Kier molecular flexibility index (Phi) is 13.9. The van der Waals surface area contributed by atoms with E-state index in [2.05, 4.69) is 27.4 Å². The number of piperidine rings is 1. The third kappa shape index (κ3) is 9.96. The first-order valence-electron chi connectivity index (χ1n) is 9.55. The summed E-state index contributed by atoms with van der Waals surface area (Å²) in [6.07, 6.45) is 4.82. The number of aliphatic hydroxyl groups is 1. The highest BCUT2D eigenvalue weighted by atomic mass is 127. The molecule has 0 amide bonds. The van der Waals surface area contributed by atoms with Gasteiger partial charge in [0.05, 0.1) is 12.1 Å². The van der Waals surface area contributed by atoms with E-state index in [4.69, 9.17) is 4.74 Å². The Morgan fingerprint density at radius 1 is 1.24 bits per heavy atom. The zero-order valence-electron chi connectivity index (χ0n) is 16.5. The van der Waals surface area contributed by atoms with Crippen LogP contribution in [0.2, 0.25) is 0 Å². The van der Waals surface area contributed by atoms with Crippen molar-refractivity contribution in [1.82, 2.24) is 15.5 Å². The van der Waals surface area contributed by atoms with Gasteiger partial charge < -0.3 is 25.4 Å². The topological polar surface area (TPSA) is 69.1 Å². The lowest BCUT2D eigenvalue weighted by atomic mass is 9.98. The Morgan fingerprint density at radius 2 is 1.88 bits per heavy atom. The molecule has 3 N–H and O–H groups in total. The van der Waals surface area contributed by atoms with Crippen molar-refractivity contribution < 1.29 is 9.84 Å². The van der Waals surface area contributed by atoms with Crippen LogP contribution in [0.3, 0.4) is 0 Å². The van der Waals surface area contributed by atoms with Gasteiger partial charge in [-0.05, 0) is 39.0 Å². The fraction of sp³-hybridized carbons (Fsp3) is 0.944. The first-order chi connectivity index (χ1) is 11.6. The van der Waals surface area contributed by atoms with Crippen LogP contribution in [0.5, 0.6) is 0 Å². The summed E-state index contributed by atoms with van der Waals surface area (Å²) in [5, 5.41) is 17.3. The van der Waals surface area contributed by atoms with Crippen LogP contribution in [0.4, 0.5) is 0 Å². The first-order valence-corrected chi connectivity index (χ1v) is 9.55. The molecule has 0 atom stereocenters. The second-order valence-electron chi connectivity index (χ2n) is 6.73. The molecule has 0 unspecified atom stereocenters. The number of ether oxygens (including phenoxy) is 1. The maximum atomic E-state index is 10.4. The fourth-order valence-corrected chi connectivity index (χ4v) is 2.95. The summed E-state index contributed by atoms with van der Waals surface area (Å²) < 4.78 is 5.12. The minimum atomic E-state index is -0.687. The van der Waals surface area contributed by atoms with Crippen LogP contribution in [0, 0.1) is 0 Å². The van der Waals surface area contributed by atoms with Gasteiger partial charge in [-0.1, -0.05) is 13.8 Å². The van der Waals surface area contributed by atoms with Crippen molar-refractivity contribution in [1.29, 1.82) is 0 Å². The second kappa shape index (κ2) is 14.0. The summed E-state index contributed by atoms with van der Waals surface area (Å²) >= 11 is 0. The molecule has 1 rings (SSSR count). The van der Waals surface area contributed by atoms with Crippen molar-refractivity contribution >= 4 is 29.9 Å². The van der Waals surface area contributed by atoms with Crippen LogP contribution >= 0.6 is 24.0 Å². The Bertz CT molecular complexity index is 357. The monoisotopic (exact) mass is 470 g/mol. The lowest BCUT2D eigenvalue weighted by molar-refractivity contribution is 0.0417. The van der Waals surface area contributed by atoms with Gasteiger partial charge in [-0.2, -0.15) is 0 Å². The van der Waals surface area contributed by atoms with E-state index in [1.54, 1.807) is 7.11 Å². The molecule has 0 radical (unpaired) electrons. The van der Waals surface area contributed by atoms with E-state index < -0.39 is 5.60 Å². The molecule has 0 aromatic rings. The molecule has 0 saturated carbocycles. The molecule has 25 heavy (non-hydrogen) atoms. The minimum Gasteiger partial charge on any atom is -0.388 e. The highest BCUT2D eigenvalue weighted by Gasteiger charge is 2.23. The molecule has 1 aliphatic heterocycles. The molecule has 0 aromatic heterocycles. The molecule has 0 spiro atoms. The highest BCUT2D eigenvalue weighted by molar-refractivity contribution is 14.0. The van der Waals surface area contributed by atoms with Gasteiger partial charge in [0.25, 0.3) is 0 Å². The Labute approximate surface area is 171 Å². The third-order valence-electron chi connectivity index (χ3n) is 4.94. The van der Waals surface area contributed by atoms with E-state index in [1.165, 1.54) is 0 Å². The molecular formula is C18H39IN4O2. The average Bonchev–Trinajstić information content (AvgIpc) is 2.61. The SMILES string of the molecule is CCNC(=NCC(O)(CC)CC)NC1CCN(CCCOC)CC1.I. The number of nitrogens with one attached hydrogen (secondary N) is 2. The van der Waals surface area contributed by atoms with E-state index in [1.807, 2.05) is 13.8 Å². The lowest BCUT2D eigenvalue weighted by Crippen LogP contribution is -2.49. The maximum absolute atomic E-state index is 10.4. The van der Waals surface area contributed by atoms with Crippen molar-refractivity contribution in [3.05, 3.63) is 0 Å². The normalized spacial score (nSPS) is 17.2. The van der Waals surface area contributed by atoms with Gasteiger partial charge in [0.2, 0.25) is 0 Å². The first kappa shape index (κ1) is 24.9. The third-order valence-corrected chi connectivity index (χ3v) is 4.94. The quantitative estimate of drug-likeness (QED) is 0.198. The Morgan fingerprint density at radius 3 is 2.40 bits per heavy atom. The average molecular weight is 470 g/mol. The van der Waals surface area contributed by atoms with Crippen LogP contribution in [-0.2, 0) is 4.74 Å². The van der Waals surface area contributed by atoms with Gasteiger partial charge in [-0.15, -0.1) is 24.0 Å². The van der Waals surface area contributed by atoms with E-state index >= 15 is 0 Å². The molecule has 1 fully saturated rings. The summed E-state index contributed by atoms with van der Waals surface area (Å²) in [7, 11) is 1.76. The Balaban J connectivity index is 0.00000576. The van der Waals surface area contributed by atoms with E-state index in [0.29, 0.717) is 12.6 Å². The molecule has 1 heterocycles. The summed E-state index contributed by atoms with van der Waals surface area (Å²) in [4.78, 5) is 7.12. The number of aliphatic imine (C=N–C) groups is 1. The number of likely N-dealkylation sites (tertiary alicyclic amines) is 1. The predicted octanol–water partition coefficient (Wildman–Crippen LogP) is 2.21. The van der Waals surface area contributed by atoms with Gasteiger partial charge in [0, 0.05) is 45.9 Å². The maximum Gasteiger partial charge on any atom is 0.191 e. The summed E-state index contributed by atoms with van der Waals surface area (Å²) in [6.45, 7) is 11.6. The predicted molar refractivity (Wildman–Crippen MR) is 116 cm³/mol. The van der Waals surface area contributed by atoms with Gasteiger partial charge >= 0.3 is 0 Å². The molecule has 0 aromatic carbocycles. The van der Waals surface area contributed by atoms with Crippen molar-refractivity contribution in [2.45, 2.75) is 64.5 Å². The molecule has 1 aliphatic rings. The number of hydrogen-bond acceptors (Lipinski definition) is 4. The highest BCUT2D eigenvalue weighted by Crippen LogP contribution is 2.15. The smallest absolute Gasteiger partial charge is 0.191 e. The number of rotatable bonds is 10. The molecule has 7 heteroatoms. The lowest BCUT2D eigenvalue weighted by Gasteiger charge is -2.33. The number of hydrogen-bond donors (Lipinski definition) is 3. The summed E-state index contributed by atoms with van der Waals surface area (Å²) in [6, 6.07) is 0.456. The van der Waals surface area contributed by atoms with Crippen LogP contribution in [0.1, 0.15) is 52.9 Å². The number of halogens is 1. The molecule has 6 nitrogen and oxygen atoms in total. The minimum absolute atomic E-state index is 0. The second-order valence-corrected chi connectivity index (χ2v) is 6.73. The van der Waals surface area contributed by atoms with Gasteiger partial charge in [-0.3, -0.25) is 4.99 Å². The Hall–Kier alpha value is -0.120. The van der Waals surface area contributed by atoms with Crippen LogP contribution in [0.25, 0.3) is 0 Å². The van der Waals surface area contributed by atoms with Crippen molar-refractivity contribution in [2.75, 3.05) is 46.4 Å². The number of methoxy groups -OCH3 is 1. The van der Waals surface area contributed by atoms with Crippen LogP contribution in [-0.4, -0.2) is 74.0 Å². The van der Waals surface area contributed by atoms with Crippen molar-refractivity contribution in [3.8, 4) is 0 Å². The number of guanidine groups is 1. The van der Waals surface area contributed by atoms with Crippen LogP contribution in [0.15, 0.2) is 4.99 Å². The van der Waals surface area contributed by atoms with Crippen molar-refractivity contribution in [2.24, 2.45) is 4.99 Å². The van der Waals surface area contributed by atoms with Gasteiger partial charge in [0.1, 0.15) is 0 Å². The largest absolute Gasteiger partial charge is 0.388 e. The van der Waals surface area contributed by atoms with Gasteiger partial charge in [-0.25, -0.2) is 0 Å². The molecule has 0 aliphatic carbocycles. The van der Waals surface area contributed by atoms with E-state index in [-0.39, 0.29) is 24.0 Å². The summed E-state index contributed by atoms with van der Waals surface area (Å²) in [5.41, 5.74) is -0.687. The fourth-order valence-electron chi connectivity index (χ4n) is 2.95. The van der Waals surface area contributed by atoms with E-state index in [9.17, 15) is 5.11 Å². The summed E-state index contributed by atoms with van der Waals surface area (Å²) in [5.74, 6) is 0.829. The van der Waals surface area contributed by atoms with Crippen LogP contribution < -0.4 is 10.6 Å².